The Morgan fingerprint density at radius 1 is 1.57 bits per heavy atom. The second kappa shape index (κ2) is 4.07. The Balaban J connectivity index is 2.07. The summed E-state index contributed by atoms with van der Waals surface area (Å²) in [6.45, 7) is 2.25. The van der Waals surface area contributed by atoms with Crippen LogP contribution < -0.4 is 5.32 Å². The standard InChI is InChI=1S/C11H16BrNO/c1-3-7-8(6-9(7)13-2)10-4-5-11(12)14-10/h4-5,7-9,13H,3,6H2,1-2H3. The first-order valence-corrected chi connectivity index (χ1v) is 5.98. The summed E-state index contributed by atoms with van der Waals surface area (Å²) >= 11 is 3.35. The Labute approximate surface area is 93.2 Å². The molecule has 78 valence electrons. The number of hydrogen-bond acceptors (Lipinski definition) is 2. The van der Waals surface area contributed by atoms with Crippen molar-refractivity contribution in [3.8, 4) is 0 Å². The fraction of sp³-hybridized carbons (Fsp3) is 0.636. The first-order chi connectivity index (χ1) is 6.76. The first-order valence-electron chi connectivity index (χ1n) is 5.18. The highest BCUT2D eigenvalue weighted by Crippen LogP contribution is 2.45. The van der Waals surface area contributed by atoms with Crippen molar-refractivity contribution in [2.24, 2.45) is 5.92 Å². The third kappa shape index (κ3) is 1.63. The Morgan fingerprint density at radius 2 is 2.36 bits per heavy atom. The predicted molar refractivity (Wildman–Crippen MR) is 60.4 cm³/mol. The van der Waals surface area contributed by atoms with E-state index in [0.717, 1.165) is 16.3 Å². The summed E-state index contributed by atoms with van der Waals surface area (Å²) < 4.78 is 6.44. The predicted octanol–water partition coefficient (Wildman–Crippen LogP) is 3.14. The van der Waals surface area contributed by atoms with Crippen molar-refractivity contribution in [2.75, 3.05) is 7.05 Å². The van der Waals surface area contributed by atoms with Crippen LogP contribution in [0, 0.1) is 5.92 Å². The molecule has 0 amide bonds. The lowest BCUT2D eigenvalue weighted by Gasteiger charge is -2.43. The van der Waals surface area contributed by atoms with Gasteiger partial charge in [0, 0.05) is 12.0 Å². The summed E-state index contributed by atoms with van der Waals surface area (Å²) in [5.74, 6) is 2.48. The van der Waals surface area contributed by atoms with Gasteiger partial charge in [0.2, 0.25) is 0 Å². The maximum Gasteiger partial charge on any atom is 0.169 e. The fourth-order valence-corrected chi connectivity index (χ4v) is 2.78. The van der Waals surface area contributed by atoms with Crippen LogP contribution in [0.25, 0.3) is 0 Å². The molecule has 0 saturated heterocycles. The zero-order chi connectivity index (χ0) is 10.1. The van der Waals surface area contributed by atoms with Gasteiger partial charge in [0.25, 0.3) is 0 Å². The van der Waals surface area contributed by atoms with Gasteiger partial charge in [-0.15, -0.1) is 0 Å². The highest BCUT2D eigenvalue weighted by molar-refractivity contribution is 9.10. The Hall–Kier alpha value is -0.280. The average molecular weight is 258 g/mol. The largest absolute Gasteiger partial charge is 0.454 e. The van der Waals surface area contributed by atoms with E-state index in [9.17, 15) is 0 Å². The van der Waals surface area contributed by atoms with Crippen molar-refractivity contribution >= 4 is 15.9 Å². The van der Waals surface area contributed by atoms with Crippen LogP contribution in [-0.2, 0) is 0 Å². The van der Waals surface area contributed by atoms with E-state index in [4.69, 9.17) is 4.42 Å². The molecule has 1 aliphatic rings. The number of rotatable bonds is 3. The quantitative estimate of drug-likeness (QED) is 0.900. The van der Waals surface area contributed by atoms with Gasteiger partial charge in [0.1, 0.15) is 5.76 Å². The molecule has 0 spiro atoms. The van der Waals surface area contributed by atoms with Crippen LogP contribution in [0.4, 0.5) is 0 Å². The topological polar surface area (TPSA) is 25.2 Å². The fourth-order valence-electron chi connectivity index (χ4n) is 2.46. The number of furan rings is 1. The summed E-state index contributed by atoms with van der Waals surface area (Å²) in [6.07, 6.45) is 2.42. The molecule has 2 nitrogen and oxygen atoms in total. The Morgan fingerprint density at radius 3 is 2.86 bits per heavy atom. The molecule has 3 atom stereocenters. The van der Waals surface area contributed by atoms with Crippen LogP contribution in [0.15, 0.2) is 21.2 Å². The molecule has 1 N–H and O–H groups in total. The van der Waals surface area contributed by atoms with Crippen LogP contribution in [-0.4, -0.2) is 13.1 Å². The van der Waals surface area contributed by atoms with E-state index in [1.165, 1.54) is 12.8 Å². The van der Waals surface area contributed by atoms with Crippen LogP contribution >= 0.6 is 15.9 Å². The second-order valence-electron chi connectivity index (χ2n) is 3.95. The minimum absolute atomic E-state index is 0.615. The van der Waals surface area contributed by atoms with Crippen molar-refractivity contribution in [1.29, 1.82) is 0 Å². The Bertz CT molecular complexity index is 310. The summed E-state index contributed by atoms with van der Waals surface area (Å²) in [4.78, 5) is 0. The molecule has 1 saturated carbocycles. The zero-order valence-corrected chi connectivity index (χ0v) is 10.2. The van der Waals surface area contributed by atoms with Gasteiger partial charge in [-0.1, -0.05) is 13.3 Å². The number of nitrogens with one attached hydrogen (secondary N) is 1. The zero-order valence-electron chi connectivity index (χ0n) is 8.59. The molecule has 0 aliphatic heterocycles. The molecule has 3 heteroatoms. The number of halogens is 1. The van der Waals surface area contributed by atoms with E-state index in [-0.39, 0.29) is 0 Å². The minimum Gasteiger partial charge on any atom is -0.454 e. The van der Waals surface area contributed by atoms with Crippen molar-refractivity contribution in [1.82, 2.24) is 5.32 Å². The smallest absolute Gasteiger partial charge is 0.169 e. The van der Waals surface area contributed by atoms with E-state index in [1.54, 1.807) is 0 Å². The molecule has 1 aromatic heterocycles. The monoisotopic (exact) mass is 257 g/mol. The lowest BCUT2D eigenvalue weighted by molar-refractivity contribution is 0.148. The van der Waals surface area contributed by atoms with Crippen molar-refractivity contribution in [3.63, 3.8) is 0 Å². The van der Waals surface area contributed by atoms with Crippen LogP contribution in [0.1, 0.15) is 31.4 Å². The van der Waals surface area contributed by atoms with Gasteiger partial charge in [-0.25, -0.2) is 0 Å². The maximum absolute atomic E-state index is 5.60. The lowest BCUT2D eigenvalue weighted by atomic mass is 9.67. The molecule has 1 aliphatic carbocycles. The first kappa shape index (κ1) is 10.2. The van der Waals surface area contributed by atoms with Crippen LogP contribution in [0.3, 0.4) is 0 Å². The van der Waals surface area contributed by atoms with E-state index in [2.05, 4.69) is 34.2 Å². The molecule has 2 rings (SSSR count). The molecular formula is C11H16BrNO. The molecule has 1 fully saturated rings. The third-order valence-corrected chi connectivity index (χ3v) is 3.77. The van der Waals surface area contributed by atoms with Gasteiger partial charge in [0.15, 0.2) is 4.67 Å². The van der Waals surface area contributed by atoms with Gasteiger partial charge >= 0.3 is 0 Å². The molecule has 1 heterocycles. The van der Waals surface area contributed by atoms with E-state index >= 15 is 0 Å². The maximum atomic E-state index is 5.60. The highest BCUT2D eigenvalue weighted by Gasteiger charge is 2.41. The van der Waals surface area contributed by atoms with Gasteiger partial charge < -0.3 is 9.73 Å². The van der Waals surface area contributed by atoms with E-state index in [0.29, 0.717) is 12.0 Å². The Kier molecular flexibility index (Phi) is 2.98. The lowest BCUT2D eigenvalue weighted by Crippen LogP contribution is -2.47. The van der Waals surface area contributed by atoms with E-state index in [1.807, 2.05) is 13.1 Å². The van der Waals surface area contributed by atoms with Gasteiger partial charge in [-0.3, -0.25) is 0 Å². The molecule has 0 bridgehead atoms. The van der Waals surface area contributed by atoms with Crippen LogP contribution in [0.5, 0.6) is 0 Å². The highest BCUT2D eigenvalue weighted by atomic mass is 79.9. The van der Waals surface area contributed by atoms with Crippen molar-refractivity contribution < 1.29 is 4.42 Å². The molecule has 0 aromatic carbocycles. The molecule has 14 heavy (non-hydrogen) atoms. The molecule has 0 radical (unpaired) electrons. The van der Waals surface area contributed by atoms with Gasteiger partial charge in [0.05, 0.1) is 0 Å². The summed E-state index contributed by atoms with van der Waals surface area (Å²) in [7, 11) is 2.04. The minimum atomic E-state index is 0.615. The van der Waals surface area contributed by atoms with Crippen LogP contribution in [0.2, 0.25) is 0 Å². The van der Waals surface area contributed by atoms with E-state index < -0.39 is 0 Å². The third-order valence-electron chi connectivity index (χ3n) is 3.34. The van der Waals surface area contributed by atoms with Crippen molar-refractivity contribution in [2.45, 2.75) is 31.7 Å². The second-order valence-corrected chi connectivity index (χ2v) is 4.73. The van der Waals surface area contributed by atoms with Gasteiger partial charge in [-0.05, 0) is 47.4 Å². The molecular weight excluding hydrogens is 242 g/mol. The summed E-state index contributed by atoms with van der Waals surface area (Å²) in [6, 6.07) is 4.74. The van der Waals surface area contributed by atoms with Crippen molar-refractivity contribution in [3.05, 3.63) is 22.6 Å². The molecule has 1 aromatic rings. The normalized spacial score (nSPS) is 31.5. The average Bonchev–Trinajstić information content (AvgIpc) is 2.52. The van der Waals surface area contributed by atoms with Gasteiger partial charge in [-0.2, -0.15) is 0 Å². The summed E-state index contributed by atoms with van der Waals surface area (Å²) in [5.41, 5.74) is 0. The SMILES string of the molecule is CCC1C(NC)CC1c1ccc(Br)o1. The molecule has 3 unspecified atom stereocenters. The summed E-state index contributed by atoms with van der Waals surface area (Å²) in [5, 5.41) is 3.36. The number of hydrogen-bond donors (Lipinski definition) is 1.